The summed E-state index contributed by atoms with van der Waals surface area (Å²) in [6.45, 7) is 5.43. The zero-order valence-electron chi connectivity index (χ0n) is 18.0. The SMILES string of the molecule is O=C1c2ccc(C3=CCNCC3)cc2CCN1CC(O)CN1CCc2ccccc2C1. The van der Waals surface area contributed by atoms with Crippen LogP contribution in [0.3, 0.4) is 0 Å². The molecule has 5 nitrogen and oxygen atoms in total. The van der Waals surface area contributed by atoms with Crippen molar-refractivity contribution in [3.63, 3.8) is 0 Å². The number of amides is 1. The van der Waals surface area contributed by atoms with Gasteiger partial charge in [-0.1, -0.05) is 42.5 Å². The number of aliphatic hydroxyl groups is 1. The average molecular weight is 418 g/mol. The number of aliphatic hydroxyl groups excluding tert-OH is 1. The van der Waals surface area contributed by atoms with Crippen molar-refractivity contribution in [1.29, 1.82) is 0 Å². The van der Waals surface area contributed by atoms with Crippen LogP contribution in [0, 0.1) is 0 Å². The summed E-state index contributed by atoms with van der Waals surface area (Å²) in [4.78, 5) is 17.2. The zero-order valence-corrected chi connectivity index (χ0v) is 18.0. The van der Waals surface area contributed by atoms with E-state index in [0.29, 0.717) is 19.6 Å². The first-order valence-electron chi connectivity index (χ1n) is 11.5. The van der Waals surface area contributed by atoms with Crippen LogP contribution in [0.2, 0.25) is 0 Å². The minimum absolute atomic E-state index is 0.0510. The summed E-state index contributed by atoms with van der Waals surface area (Å²) in [5.74, 6) is 0.0510. The van der Waals surface area contributed by atoms with Crippen LogP contribution in [0.15, 0.2) is 48.5 Å². The summed E-state index contributed by atoms with van der Waals surface area (Å²) in [5, 5.41) is 14.1. The normalized spacial score (nSPS) is 20.1. The zero-order chi connectivity index (χ0) is 21.2. The number of carbonyl (C=O) groups is 1. The predicted octanol–water partition coefficient (Wildman–Crippen LogP) is 2.48. The van der Waals surface area contributed by atoms with E-state index in [1.165, 1.54) is 22.3 Å². The van der Waals surface area contributed by atoms with Gasteiger partial charge in [0, 0.05) is 44.8 Å². The molecule has 3 aliphatic heterocycles. The van der Waals surface area contributed by atoms with Gasteiger partial charge in [-0.3, -0.25) is 9.69 Å². The van der Waals surface area contributed by atoms with Crippen LogP contribution in [-0.2, 0) is 19.4 Å². The van der Waals surface area contributed by atoms with Crippen LogP contribution < -0.4 is 5.32 Å². The highest BCUT2D eigenvalue weighted by Crippen LogP contribution is 2.26. The third kappa shape index (κ3) is 4.45. The predicted molar refractivity (Wildman–Crippen MR) is 123 cm³/mol. The molecule has 5 rings (SSSR count). The topological polar surface area (TPSA) is 55.8 Å². The van der Waals surface area contributed by atoms with Crippen molar-refractivity contribution in [1.82, 2.24) is 15.1 Å². The van der Waals surface area contributed by atoms with E-state index in [1.807, 2.05) is 11.0 Å². The summed E-state index contributed by atoms with van der Waals surface area (Å²) >= 11 is 0. The van der Waals surface area contributed by atoms with Gasteiger partial charge in [-0.25, -0.2) is 0 Å². The molecule has 1 atom stereocenters. The Morgan fingerprint density at radius 1 is 0.968 bits per heavy atom. The summed E-state index contributed by atoms with van der Waals surface area (Å²) in [5.41, 5.74) is 7.31. The molecule has 2 N–H and O–H groups in total. The second kappa shape index (κ2) is 8.95. The van der Waals surface area contributed by atoms with Gasteiger partial charge >= 0.3 is 0 Å². The molecule has 2 aromatic carbocycles. The lowest BCUT2D eigenvalue weighted by atomic mass is 9.92. The molecular weight excluding hydrogens is 386 g/mol. The van der Waals surface area contributed by atoms with Crippen LogP contribution in [0.5, 0.6) is 0 Å². The molecule has 162 valence electrons. The number of hydrogen-bond donors (Lipinski definition) is 2. The highest BCUT2D eigenvalue weighted by Gasteiger charge is 2.27. The summed E-state index contributed by atoms with van der Waals surface area (Å²) in [6, 6.07) is 14.8. The van der Waals surface area contributed by atoms with Gasteiger partial charge in [-0.05, 0) is 59.7 Å². The van der Waals surface area contributed by atoms with Crippen molar-refractivity contribution in [3.05, 3.63) is 76.4 Å². The van der Waals surface area contributed by atoms with E-state index in [0.717, 1.165) is 56.6 Å². The maximum atomic E-state index is 13.1. The van der Waals surface area contributed by atoms with Crippen LogP contribution in [-0.4, -0.2) is 66.2 Å². The molecule has 0 aliphatic carbocycles. The van der Waals surface area contributed by atoms with Crippen LogP contribution in [0.25, 0.3) is 5.57 Å². The first-order chi connectivity index (χ1) is 15.2. The Morgan fingerprint density at radius 2 is 1.81 bits per heavy atom. The molecule has 0 bridgehead atoms. The quantitative estimate of drug-likeness (QED) is 0.785. The Balaban J connectivity index is 1.21. The lowest BCUT2D eigenvalue weighted by Gasteiger charge is -2.34. The van der Waals surface area contributed by atoms with Crippen LogP contribution >= 0.6 is 0 Å². The monoisotopic (exact) mass is 417 g/mol. The Morgan fingerprint density at radius 3 is 2.65 bits per heavy atom. The fourth-order valence-corrected chi connectivity index (χ4v) is 5.12. The fourth-order valence-electron chi connectivity index (χ4n) is 5.12. The Labute approximate surface area is 184 Å². The smallest absolute Gasteiger partial charge is 0.254 e. The molecular formula is C26H31N3O2. The standard InChI is InChI=1S/C26H31N3O2/c30-24(17-28-13-9-19-3-1-2-4-23(19)16-28)18-29-14-10-22-15-21(5-6-25(22)26(29)31)20-7-11-27-12-8-20/h1-7,15,24,27,30H,8-14,16-18H2. The number of nitrogens with one attached hydrogen (secondary N) is 1. The molecule has 5 heteroatoms. The molecule has 3 heterocycles. The molecule has 0 spiro atoms. The summed E-state index contributed by atoms with van der Waals surface area (Å²) in [7, 11) is 0. The second-order valence-corrected chi connectivity index (χ2v) is 8.96. The summed E-state index contributed by atoms with van der Waals surface area (Å²) < 4.78 is 0. The van der Waals surface area contributed by atoms with Gasteiger partial charge in [0.15, 0.2) is 0 Å². The molecule has 1 unspecified atom stereocenters. The van der Waals surface area contributed by atoms with Gasteiger partial charge < -0.3 is 15.3 Å². The van der Waals surface area contributed by atoms with Crippen molar-refractivity contribution in [2.75, 3.05) is 39.3 Å². The minimum Gasteiger partial charge on any atom is -0.390 e. The van der Waals surface area contributed by atoms with Crippen molar-refractivity contribution in [2.45, 2.75) is 31.9 Å². The molecule has 1 amide bonds. The molecule has 0 aromatic heterocycles. The lowest BCUT2D eigenvalue weighted by Crippen LogP contribution is -2.46. The number of rotatable bonds is 5. The molecule has 2 aromatic rings. The number of carbonyl (C=O) groups excluding carboxylic acids is 1. The molecule has 3 aliphatic rings. The second-order valence-electron chi connectivity index (χ2n) is 8.96. The molecule has 0 saturated heterocycles. The van der Waals surface area contributed by atoms with Gasteiger partial charge in [0.05, 0.1) is 6.10 Å². The van der Waals surface area contributed by atoms with Crippen LogP contribution in [0.4, 0.5) is 0 Å². The van der Waals surface area contributed by atoms with Crippen molar-refractivity contribution in [3.8, 4) is 0 Å². The molecule has 31 heavy (non-hydrogen) atoms. The third-order valence-electron chi connectivity index (χ3n) is 6.82. The number of nitrogens with zero attached hydrogens (tertiary/aromatic N) is 2. The maximum absolute atomic E-state index is 13.1. The highest BCUT2D eigenvalue weighted by molar-refractivity contribution is 5.97. The van der Waals surface area contributed by atoms with E-state index in [2.05, 4.69) is 52.7 Å². The van der Waals surface area contributed by atoms with Crippen molar-refractivity contribution >= 4 is 11.5 Å². The lowest BCUT2D eigenvalue weighted by molar-refractivity contribution is 0.0493. The number of benzene rings is 2. The average Bonchev–Trinajstić information content (AvgIpc) is 2.81. The van der Waals surface area contributed by atoms with Gasteiger partial charge in [-0.2, -0.15) is 0 Å². The maximum Gasteiger partial charge on any atom is 0.254 e. The van der Waals surface area contributed by atoms with E-state index in [1.54, 1.807) is 0 Å². The van der Waals surface area contributed by atoms with E-state index in [-0.39, 0.29) is 5.91 Å². The summed E-state index contributed by atoms with van der Waals surface area (Å²) in [6.07, 6.45) is 4.62. The molecule has 0 radical (unpaired) electrons. The number of hydrogen-bond acceptors (Lipinski definition) is 4. The van der Waals surface area contributed by atoms with E-state index in [9.17, 15) is 9.90 Å². The Bertz CT molecular complexity index is 1000. The molecule has 0 fully saturated rings. The van der Waals surface area contributed by atoms with Gasteiger partial charge in [0.25, 0.3) is 5.91 Å². The van der Waals surface area contributed by atoms with Gasteiger partial charge in [0.2, 0.25) is 0 Å². The van der Waals surface area contributed by atoms with Crippen molar-refractivity contribution < 1.29 is 9.90 Å². The van der Waals surface area contributed by atoms with E-state index >= 15 is 0 Å². The van der Waals surface area contributed by atoms with Gasteiger partial charge in [0.1, 0.15) is 0 Å². The fraction of sp³-hybridized carbons (Fsp3) is 0.423. The molecule has 0 saturated carbocycles. The van der Waals surface area contributed by atoms with E-state index in [4.69, 9.17) is 0 Å². The highest BCUT2D eigenvalue weighted by atomic mass is 16.3. The van der Waals surface area contributed by atoms with E-state index < -0.39 is 6.10 Å². The minimum atomic E-state index is -0.532. The number of fused-ring (bicyclic) bond motifs is 2. The van der Waals surface area contributed by atoms with Crippen LogP contribution in [0.1, 0.15) is 39.0 Å². The Hall–Kier alpha value is -2.47. The number of β-amino-alcohol motifs (C(OH)–C–C–N with tert-alkyl or cyclic N) is 1. The van der Waals surface area contributed by atoms with Crippen molar-refractivity contribution in [2.24, 2.45) is 0 Å². The van der Waals surface area contributed by atoms with Gasteiger partial charge in [-0.15, -0.1) is 0 Å². The first kappa shape index (κ1) is 20.4. The third-order valence-corrected chi connectivity index (χ3v) is 6.82. The first-order valence-corrected chi connectivity index (χ1v) is 11.5. The Kier molecular flexibility index (Phi) is 5.90. The largest absolute Gasteiger partial charge is 0.390 e.